The number of amides is 2. The Morgan fingerprint density at radius 3 is 2.50 bits per heavy atom. The Bertz CT molecular complexity index is 967. The number of hydrogen-bond donors (Lipinski definition) is 1. The Morgan fingerprint density at radius 1 is 1.16 bits per heavy atom. The lowest BCUT2D eigenvalue weighted by molar-refractivity contribution is -0.154. The van der Waals surface area contributed by atoms with Crippen LogP contribution in [0.2, 0.25) is 0 Å². The molecule has 2 rings (SSSR count). The topological polar surface area (TPSA) is 93.7 Å². The van der Waals surface area contributed by atoms with Gasteiger partial charge in [0.1, 0.15) is 0 Å². The van der Waals surface area contributed by atoms with Gasteiger partial charge in [0, 0.05) is 44.3 Å². The van der Waals surface area contributed by atoms with Crippen molar-refractivity contribution in [3.8, 4) is 11.8 Å². The number of hydrogen-bond acceptors (Lipinski definition) is 6. The Kier molecular flexibility index (Phi) is 8.39. The first-order valence-electron chi connectivity index (χ1n) is 9.70. The van der Waals surface area contributed by atoms with Crippen molar-refractivity contribution in [3.05, 3.63) is 46.8 Å². The van der Waals surface area contributed by atoms with E-state index in [0.29, 0.717) is 29.8 Å². The molecule has 0 aliphatic rings. The number of ether oxygens (including phenoxy) is 2. The average molecular weight is 454 g/mol. The second-order valence-corrected chi connectivity index (χ2v) is 7.06. The Hall–Kier alpha value is -3.37. The third-order valence-electron chi connectivity index (χ3n) is 4.32. The number of nitrogens with one attached hydrogen (secondary N) is 1. The van der Waals surface area contributed by atoms with Crippen LogP contribution in [0.5, 0.6) is 11.8 Å². The predicted octanol–water partition coefficient (Wildman–Crippen LogP) is 2.69. The highest BCUT2D eigenvalue weighted by atomic mass is 19.4. The number of halogens is 3. The van der Waals surface area contributed by atoms with Crippen LogP contribution in [0.15, 0.2) is 24.3 Å². The summed E-state index contributed by atoms with van der Waals surface area (Å²) in [4.78, 5) is 33.9. The fraction of sp³-hybridized carbons (Fsp3) is 0.429. The molecule has 1 N–H and O–H groups in total. The van der Waals surface area contributed by atoms with E-state index in [-0.39, 0.29) is 30.1 Å². The molecule has 0 aliphatic carbocycles. The van der Waals surface area contributed by atoms with E-state index in [0.717, 1.165) is 5.69 Å². The quantitative estimate of drug-likeness (QED) is 0.626. The molecule has 0 unspecified atom stereocenters. The van der Waals surface area contributed by atoms with Gasteiger partial charge in [0.25, 0.3) is 5.91 Å². The van der Waals surface area contributed by atoms with Crippen molar-refractivity contribution < 1.29 is 32.2 Å². The van der Waals surface area contributed by atoms with Crippen LogP contribution in [0.3, 0.4) is 0 Å². The number of aryl methyl sites for hydroxylation is 1. The van der Waals surface area contributed by atoms with Crippen LogP contribution < -0.4 is 14.8 Å². The second-order valence-electron chi connectivity index (χ2n) is 7.06. The number of nitrogens with zero attached hydrogens (tertiary/aromatic N) is 3. The first-order chi connectivity index (χ1) is 15.0. The Labute approximate surface area is 183 Å². The summed E-state index contributed by atoms with van der Waals surface area (Å²) < 4.78 is 46.8. The summed E-state index contributed by atoms with van der Waals surface area (Å²) in [5, 5.41) is 2.68. The Morgan fingerprint density at radius 2 is 1.88 bits per heavy atom. The zero-order chi connectivity index (χ0) is 23.9. The molecule has 2 aromatic heterocycles. The van der Waals surface area contributed by atoms with Crippen LogP contribution in [-0.2, 0) is 17.8 Å². The number of aromatic nitrogens is 2. The average Bonchev–Trinajstić information content (AvgIpc) is 2.71. The highest BCUT2D eigenvalue weighted by Gasteiger charge is 2.29. The van der Waals surface area contributed by atoms with E-state index in [9.17, 15) is 22.8 Å². The van der Waals surface area contributed by atoms with E-state index in [2.05, 4.69) is 20.0 Å². The van der Waals surface area contributed by atoms with E-state index in [1.807, 2.05) is 0 Å². The molecular weight excluding hydrogens is 429 g/mol. The molecule has 0 atom stereocenters. The van der Waals surface area contributed by atoms with Crippen molar-refractivity contribution >= 4 is 11.8 Å². The largest absolute Gasteiger partial charge is 0.481 e. The van der Waals surface area contributed by atoms with E-state index >= 15 is 0 Å². The van der Waals surface area contributed by atoms with Crippen LogP contribution in [0.25, 0.3) is 0 Å². The highest BCUT2D eigenvalue weighted by Crippen LogP contribution is 2.24. The van der Waals surface area contributed by atoms with Crippen molar-refractivity contribution in [2.24, 2.45) is 0 Å². The molecule has 2 amide bonds. The third kappa shape index (κ3) is 7.40. The molecule has 0 fully saturated rings. The zero-order valence-electron chi connectivity index (χ0n) is 18.2. The number of methoxy groups -OCH3 is 1. The minimum atomic E-state index is -4.49. The molecule has 0 aromatic carbocycles. The van der Waals surface area contributed by atoms with Gasteiger partial charge in [-0.15, -0.1) is 0 Å². The molecule has 174 valence electrons. The third-order valence-corrected chi connectivity index (χ3v) is 4.32. The highest BCUT2D eigenvalue weighted by molar-refractivity contribution is 5.95. The summed E-state index contributed by atoms with van der Waals surface area (Å²) >= 11 is 0. The van der Waals surface area contributed by atoms with Gasteiger partial charge in [0.05, 0.1) is 24.9 Å². The second kappa shape index (κ2) is 10.8. The lowest BCUT2D eigenvalue weighted by atomic mass is 10.1. The monoisotopic (exact) mass is 454 g/mol. The fourth-order valence-electron chi connectivity index (χ4n) is 2.87. The number of carbonyl (C=O) groups excluding carboxylic acids is 2. The van der Waals surface area contributed by atoms with E-state index in [4.69, 9.17) is 4.74 Å². The minimum absolute atomic E-state index is 0.0530. The van der Waals surface area contributed by atoms with Gasteiger partial charge in [-0.2, -0.15) is 18.2 Å². The number of pyridine rings is 2. The molecular formula is C21H25F3N4O4. The maximum Gasteiger partial charge on any atom is 0.422 e. The van der Waals surface area contributed by atoms with Crippen molar-refractivity contribution in [2.75, 3.05) is 27.3 Å². The van der Waals surface area contributed by atoms with Gasteiger partial charge in [-0.1, -0.05) is 0 Å². The van der Waals surface area contributed by atoms with Crippen LogP contribution in [-0.4, -0.2) is 60.2 Å². The van der Waals surface area contributed by atoms with Crippen LogP contribution in [0.1, 0.15) is 34.2 Å². The number of carbonyl (C=O) groups is 2. The first kappa shape index (κ1) is 24.9. The molecule has 11 heteroatoms. The standard InChI is InChI=1S/C21H25F3N4O4/c1-13-5-7-16(17(26-13)9-10-25-14(2)29)20(30)28(3)11-15-6-8-18(27-19(15)31-4)32-12-21(22,23)24/h5-8H,9-12H2,1-4H3,(H,25,29). The summed E-state index contributed by atoms with van der Waals surface area (Å²) in [6.07, 6.45) is -4.10. The molecule has 8 nitrogen and oxygen atoms in total. The normalized spacial score (nSPS) is 11.1. The van der Waals surface area contributed by atoms with Gasteiger partial charge >= 0.3 is 6.18 Å². The van der Waals surface area contributed by atoms with Crippen molar-refractivity contribution in [1.29, 1.82) is 0 Å². The summed E-state index contributed by atoms with van der Waals surface area (Å²) in [5.74, 6) is -0.670. The molecule has 0 saturated carbocycles. The molecule has 0 saturated heterocycles. The van der Waals surface area contributed by atoms with Gasteiger partial charge in [0.15, 0.2) is 6.61 Å². The summed E-state index contributed by atoms with van der Waals surface area (Å²) in [7, 11) is 2.90. The van der Waals surface area contributed by atoms with E-state index < -0.39 is 12.8 Å². The van der Waals surface area contributed by atoms with Crippen molar-refractivity contribution in [3.63, 3.8) is 0 Å². The molecule has 0 radical (unpaired) electrons. The lowest BCUT2D eigenvalue weighted by Gasteiger charge is -2.20. The molecule has 0 aliphatic heterocycles. The van der Waals surface area contributed by atoms with Gasteiger partial charge in [0.2, 0.25) is 17.7 Å². The molecule has 32 heavy (non-hydrogen) atoms. The van der Waals surface area contributed by atoms with Crippen LogP contribution >= 0.6 is 0 Å². The van der Waals surface area contributed by atoms with Crippen LogP contribution in [0, 0.1) is 6.92 Å². The molecule has 2 heterocycles. The van der Waals surface area contributed by atoms with Gasteiger partial charge in [-0.3, -0.25) is 14.6 Å². The zero-order valence-corrected chi connectivity index (χ0v) is 18.2. The maximum atomic E-state index is 13.0. The molecule has 0 bridgehead atoms. The van der Waals surface area contributed by atoms with E-state index in [1.165, 1.54) is 31.1 Å². The summed E-state index contributed by atoms with van der Waals surface area (Å²) in [6.45, 7) is 2.17. The lowest BCUT2D eigenvalue weighted by Crippen LogP contribution is -2.29. The first-order valence-corrected chi connectivity index (χ1v) is 9.70. The van der Waals surface area contributed by atoms with Gasteiger partial charge in [-0.05, 0) is 25.1 Å². The smallest absolute Gasteiger partial charge is 0.422 e. The summed E-state index contributed by atoms with van der Waals surface area (Å²) in [5.41, 5.74) is 2.17. The minimum Gasteiger partial charge on any atom is -0.481 e. The van der Waals surface area contributed by atoms with Crippen molar-refractivity contribution in [2.45, 2.75) is 33.0 Å². The molecule has 2 aromatic rings. The van der Waals surface area contributed by atoms with Crippen molar-refractivity contribution in [1.82, 2.24) is 20.2 Å². The molecule has 0 spiro atoms. The van der Waals surface area contributed by atoms with Crippen LogP contribution in [0.4, 0.5) is 13.2 Å². The SMILES string of the molecule is COc1nc(OCC(F)(F)F)ccc1CN(C)C(=O)c1ccc(C)nc1CCNC(C)=O. The summed E-state index contributed by atoms with van der Waals surface area (Å²) in [6, 6.07) is 6.17. The fourth-order valence-corrected chi connectivity index (χ4v) is 2.87. The predicted molar refractivity (Wildman–Crippen MR) is 109 cm³/mol. The van der Waals surface area contributed by atoms with Gasteiger partial charge in [-0.25, -0.2) is 0 Å². The maximum absolute atomic E-state index is 13.0. The number of rotatable bonds is 9. The number of alkyl halides is 3. The van der Waals surface area contributed by atoms with E-state index in [1.54, 1.807) is 26.1 Å². The van der Waals surface area contributed by atoms with Gasteiger partial charge < -0.3 is 19.7 Å². The Balaban J connectivity index is 2.16.